The first-order valence-electron chi connectivity index (χ1n) is 8.60. The van der Waals surface area contributed by atoms with Crippen LogP contribution in [0.15, 0.2) is 48.7 Å². The molecule has 0 fully saturated rings. The van der Waals surface area contributed by atoms with Crippen LogP contribution in [0.25, 0.3) is 5.57 Å². The molecular weight excluding hydrogens is 331 g/mol. The summed E-state index contributed by atoms with van der Waals surface area (Å²) in [5.74, 6) is -0.719. The van der Waals surface area contributed by atoms with Crippen LogP contribution in [0.2, 0.25) is 0 Å². The zero-order chi connectivity index (χ0) is 18.5. The Balaban J connectivity index is 1.62. The summed E-state index contributed by atoms with van der Waals surface area (Å²) < 4.78 is 14.0. The van der Waals surface area contributed by atoms with E-state index in [1.807, 2.05) is 24.3 Å². The van der Waals surface area contributed by atoms with Gasteiger partial charge in [0.2, 0.25) is 0 Å². The van der Waals surface area contributed by atoms with E-state index in [4.69, 9.17) is 0 Å². The third-order valence-corrected chi connectivity index (χ3v) is 4.16. The number of benzene rings is 2. The Morgan fingerprint density at radius 3 is 2.58 bits per heavy atom. The molecule has 0 radical (unpaired) electrons. The largest absolute Gasteiger partial charge is 0.385 e. The molecule has 2 aromatic rings. The maximum atomic E-state index is 14.0. The Kier molecular flexibility index (Phi) is 5.53. The van der Waals surface area contributed by atoms with Crippen molar-refractivity contribution in [1.29, 1.82) is 0 Å². The van der Waals surface area contributed by atoms with E-state index in [1.165, 1.54) is 6.07 Å². The normalized spacial score (nSPS) is 14.5. The highest BCUT2D eigenvalue weighted by molar-refractivity contribution is 6.31. The van der Waals surface area contributed by atoms with Crippen LogP contribution in [0.3, 0.4) is 0 Å². The summed E-state index contributed by atoms with van der Waals surface area (Å²) in [6, 6.07) is 12.4. The molecule has 0 aromatic heterocycles. The lowest BCUT2D eigenvalue weighted by Crippen LogP contribution is -2.16. The minimum atomic E-state index is -0.411. The number of amides is 1. The van der Waals surface area contributed by atoms with Gasteiger partial charge in [0.15, 0.2) is 0 Å². The van der Waals surface area contributed by atoms with Crippen molar-refractivity contribution in [3.63, 3.8) is 0 Å². The van der Waals surface area contributed by atoms with E-state index in [0.29, 0.717) is 16.8 Å². The van der Waals surface area contributed by atoms with Gasteiger partial charge in [-0.25, -0.2) is 4.39 Å². The lowest BCUT2D eigenvalue weighted by Gasteiger charge is -2.11. The second-order valence-electron chi connectivity index (χ2n) is 6.48. The monoisotopic (exact) mass is 354 g/mol. The van der Waals surface area contributed by atoms with E-state index >= 15 is 0 Å². The summed E-state index contributed by atoms with van der Waals surface area (Å²) >= 11 is 0. The quantitative estimate of drug-likeness (QED) is 0.525. The van der Waals surface area contributed by atoms with E-state index in [-0.39, 0.29) is 5.91 Å². The van der Waals surface area contributed by atoms with Crippen molar-refractivity contribution in [2.75, 3.05) is 43.1 Å². The van der Waals surface area contributed by atoms with Crippen LogP contribution >= 0.6 is 0 Å². The Labute approximate surface area is 152 Å². The van der Waals surface area contributed by atoms with Crippen molar-refractivity contribution in [3.8, 4) is 0 Å². The molecule has 1 amide bonds. The number of carbonyl (C=O) groups is 1. The standard InChI is InChI=1S/C20H23FN4O/c1-25(2)12-4-11-22-14-7-9-15(10-8-14)23-13-16-19-17(21)5-3-6-18(19)24-20(16)26/h3,5-10,13,22-23H,4,11-12H2,1-2H3,(H,24,26). The van der Waals surface area contributed by atoms with Crippen molar-refractivity contribution in [2.24, 2.45) is 0 Å². The zero-order valence-corrected chi connectivity index (χ0v) is 15.0. The van der Waals surface area contributed by atoms with Gasteiger partial charge in [-0.3, -0.25) is 4.79 Å². The van der Waals surface area contributed by atoms with Crippen LogP contribution in [0.1, 0.15) is 12.0 Å². The number of hydrogen-bond acceptors (Lipinski definition) is 4. The van der Waals surface area contributed by atoms with Crippen molar-refractivity contribution >= 4 is 28.5 Å². The first kappa shape index (κ1) is 17.9. The Bertz CT molecular complexity index is 815. The predicted octanol–water partition coefficient (Wildman–Crippen LogP) is 3.59. The number of nitrogens with zero attached hydrogens (tertiary/aromatic N) is 1. The molecule has 0 atom stereocenters. The lowest BCUT2D eigenvalue weighted by molar-refractivity contribution is -0.110. The number of anilines is 3. The van der Waals surface area contributed by atoms with Gasteiger partial charge in [-0.05, 0) is 63.5 Å². The van der Waals surface area contributed by atoms with Gasteiger partial charge in [0, 0.05) is 29.7 Å². The van der Waals surface area contributed by atoms with Crippen LogP contribution in [0, 0.1) is 5.82 Å². The molecule has 0 saturated heterocycles. The van der Waals surface area contributed by atoms with Gasteiger partial charge in [-0.15, -0.1) is 0 Å². The molecule has 1 aliphatic heterocycles. The summed E-state index contributed by atoms with van der Waals surface area (Å²) in [7, 11) is 4.12. The molecule has 26 heavy (non-hydrogen) atoms. The first-order valence-corrected chi connectivity index (χ1v) is 8.60. The van der Waals surface area contributed by atoms with Crippen LogP contribution in [-0.4, -0.2) is 38.0 Å². The first-order chi connectivity index (χ1) is 12.5. The smallest absolute Gasteiger partial charge is 0.257 e. The molecular formula is C20H23FN4O. The minimum Gasteiger partial charge on any atom is -0.385 e. The topological polar surface area (TPSA) is 56.4 Å². The van der Waals surface area contributed by atoms with Crippen LogP contribution in [0.5, 0.6) is 0 Å². The Morgan fingerprint density at radius 1 is 1.12 bits per heavy atom. The third kappa shape index (κ3) is 4.21. The SMILES string of the molecule is CN(C)CCCNc1ccc(NC=C2C(=O)Nc3cccc(F)c32)cc1. The van der Waals surface area contributed by atoms with Gasteiger partial charge < -0.3 is 20.9 Å². The summed E-state index contributed by atoms with van der Waals surface area (Å²) in [6.45, 7) is 1.95. The second kappa shape index (κ2) is 8.01. The average Bonchev–Trinajstić information content (AvgIpc) is 2.94. The molecule has 1 heterocycles. The molecule has 0 saturated carbocycles. The van der Waals surface area contributed by atoms with Crippen molar-refractivity contribution in [1.82, 2.24) is 4.90 Å². The highest BCUT2D eigenvalue weighted by Gasteiger charge is 2.26. The molecule has 136 valence electrons. The third-order valence-electron chi connectivity index (χ3n) is 4.16. The number of nitrogens with one attached hydrogen (secondary N) is 3. The summed E-state index contributed by atoms with van der Waals surface area (Å²) in [6.07, 6.45) is 2.61. The van der Waals surface area contributed by atoms with E-state index in [2.05, 4.69) is 34.9 Å². The predicted molar refractivity (Wildman–Crippen MR) is 105 cm³/mol. The molecule has 0 spiro atoms. The number of fused-ring (bicyclic) bond motifs is 1. The fraction of sp³-hybridized carbons (Fsp3) is 0.250. The molecule has 2 aromatic carbocycles. The van der Waals surface area contributed by atoms with Gasteiger partial charge in [0.05, 0.1) is 11.3 Å². The van der Waals surface area contributed by atoms with Crippen molar-refractivity contribution in [3.05, 3.63) is 60.0 Å². The highest BCUT2D eigenvalue weighted by atomic mass is 19.1. The summed E-state index contributed by atoms with van der Waals surface area (Å²) in [4.78, 5) is 14.2. The molecule has 3 rings (SSSR count). The second-order valence-corrected chi connectivity index (χ2v) is 6.48. The van der Waals surface area contributed by atoms with Gasteiger partial charge in [0.25, 0.3) is 5.91 Å². The zero-order valence-electron chi connectivity index (χ0n) is 15.0. The number of halogens is 1. The number of rotatable bonds is 7. The molecule has 1 aliphatic rings. The summed E-state index contributed by atoms with van der Waals surface area (Å²) in [5.41, 5.74) is 2.97. The average molecular weight is 354 g/mol. The Hall–Kier alpha value is -2.86. The molecule has 5 nitrogen and oxygen atoms in total. The molecule has 0 unspecified atom stereocenters. The van der Waals surface area contributed by atoms with E-state index in [1.54, 1.807) is 18.3 Å². The van der Waals surface area contributed by atoms with E-state index < -0.39 is 5.82 Å². The number of carbonyl (C=O) groups excluding carboxylic acids is 1. The van der Waals surface area contributed by atoms with Crippen LogP contribution < -0.4 is 16.0 Å². The molecule has 6 heteroatoms. The van der Waals surface area contributed by atoms with E-state index in [0.717, 1.165) is 30.9 Å². The maximum absolute atomic E-state index is 14.0. The molecule has 0 aliphatic carbocycles. The fourth-order valence-electron chi connectivity index (χ4n) is 2.81. The minimum absolute atomic E-state index is 0.295. The molecule has 0 bridgehead atoms. The van der Waals surface area contributed by atoms with Gasteiger partial charge in [-0.2, -0.15) is 0 Å². The number of hydrogen-bond donors (Lipinski definition) is 3. The fourth-order valence-corrected chi connectivity index (χ4v) is 2.81. The lowest BCUT2D eigenvalue weighted by atomic mass is 10.1. The van der Waals surface area contributed by atoms with Crippen molar-refractivity contribution in [2.45, 2.75) is 6.42 Å². The maximum Gasteiger partial charge on any atom is 0.257 e. The Morgan fingerprint density at radius 2 is 1.85 bits per heavy atom. The van der Waals surface area contributed by atoms with Crippen LogP contribution in [-0.2, 0) is 4.79 Å². The van der Waals surface area contributed by atoms with E-state index in [9.17, 15) is 9.18 Å². The van der Waals surface area contributed by atoms with Gasteiger partial charge >= 0.3 is 0 Å². The van der Waals surface area contributed by atoms with Gasteiger partial charge in [0.1, 0.15) is 5.82 Å². The van der Waals surface area contributed by atoms with Crippen LogP contribution in [0.4, 0.5) is 21.5 Å². The highest BCUT2D eigenvalue weighted by Crippen LogP contribution is 2.33. The summed E-state index contributed by atoms with van der Waals surface area (Å²) in [5, 5.41) is 9.11. The van der Waals surface area contributed by atoms with Gasteiger partial charge in [-0.1, -0.05) is 6.07 Å². The van der Waals surface area contributed by atoms with Crippen molar-refractivity contribution < 1.29 is 9.18 Å². The molecule has 3 N–H and O–H groups in total.